The number of ether oxygens (including phenoxy) is 4. The van der Waals surface area contributed by atoms with E-state index in [2.05, 4.69) is 26.0 Å². The first-order valence-corrected chi connectivity index (χ1v) is 9.26. The third-order valence-electron chi connectivity index (χ3n) is 5.74. The first kappa shape index (κ1) is 17.7. The lowest BCUT2D eigenvalue weighted by Crippen LogP contribution is -2.26. The molecule has 5 nitrogen and oxygen atoms in total. The first-order chi connectivity index (χ1) is 13.0. The molecular weight excluding hydrogens is 344 g/mol. The minimum absolute atomic E-state index is 0.207. The number of fused-ring (bicyclic) bond motifs is 2. The Labute approximate surface area is 159 Å². The van der Waals surface area contributed by atoms with Gasteiger partial charge >= 0.3 is 5.97 Å². The van der Waals surface area contributed by atoms with Crippen LogP contribution in [0.15, 0.2) is 30.3 Å². The highest BCUT2D eigenvalue weighted by molar-refractivity contribution is 5.70. The Bertz CT molecular complexity index is 889. The summed E-state index contributed by atoms with van der Waals surface area (Å²) in [7, 11) is 1.59. The molecule has 0 unspecified atom stereocenters. The van der Waals surface area contributed by atoms with Gasteiger partial charge < -0.3 is 18.9 Å². The van der Waals surface area contributed by atoms with E-state index in [4.69, 9.17) is 18.9 Å². The molecule has 0 spiro atoms. The molecular formula is C22H24O5. The van der Waals surface area contributed by atoms with E-state index in [-0.39, 0.29) is 18.7 Å². The molecule has 0 aromatic heterocycles. The van der Waals surface area contributed by atoms with Gasteiger partial charge in [-0.25, -0.2) is 0 Å². The Morgan fingerprint density at radius 3 is 2.52 bits per heavy atom. The fraction of sp³-hybridized carbons (Fsp3) is 0.409. The molecule has 1 heterocycles. The second kappa shape index (κ2) is 6.80. The van der Waals surface area contributed by atoms with Gasteiger partial charge in [0.15, 0.2) is 23.0 Å². The average molecular weight is 368 g/mol. The number of hydrogen-bond acceptors (Lipinski definition) is 5. The second-order valence-corrected chi connectivity index (χ2v) is 7.43. The lowest BCUT2D eigenvalue weighted by Gasteiger charge is -2.37. The van der Waals surface area contributed by atoms with E-state index >= 15 is 0 Å². The van der Waals surface area contributed by atoms with Gasteiger partial charge in [0.2, 0.25) is 6.79 Å². The van der Waals surface area contributed by atoms with E-state index in [1.165, 1.54) is 18.1 Å². The fourth-order valence-electron chi connectivity index (χ4n) is 4.21. The molecule has 0 saturated heterocycles. The van der Waals surface area contributed by atoms with Crippen LogP contribution in [0.5, 0.6) is 23.0 Å². The summed E-state index contributed by atoms with van der Waals surface area (Å²) in [6, 6.07) is 10.1. The van der Waals surface area contributed by atoms with Gasteiger partial charge in [0.1, 0.15) is 0 Å². The van der Waals surface area contributed by atoms with Crippen molar-refractivity contribution in [1.82, 2.24) is 0 Å². The quantitative estimate of drug-likeness (QED) is 0.597. The predicted octanol–water partition coefficient (Wildman–Crippen LogP) is 4.31. The third kappa shape index (κ3) is 3.11. The van der Waals surface area contributed by atoms with Crippen LogP contribution in [0.3, 0.4) is 0 Å². The Hall–Kier alpha value is -2.69. The second-order valence-electron chi connectivity index (χ2n) is 7.43. The van der Waals surface area contributed by atoms with E-state index in [0.29, 0.717) is 23.3 Å². The number of esters is 1. The van der Waals surface area contributed by atoms with Gasteiger partial charge in [-0.3, -0.25) is 4.79 Å². The van der Waals surface area contributed by atoms with Crippen molar-refractivity contribution >= 4 is 5.97 Å². The number of carbonyl (C=O) groups excluding carboxylic acids is 1. The molecule has 0 N–H and O–H groups in total. The van der Waals surface area contributed by atoms with Gasteiger partial charge in [0, 0.05) is 12.8 Å². The molecule has 0 saturated carbocycles. The van der Waals surface area contributed by atoms with Gasteiger partial charge in [-0.15, -0.1) is 0 Å². The molecule has 0 amide bonds. The summed E-state index contributed by atoms with van der Waals surface area (Å²) in [6.45, 7) is 6.24. The maximum absolute atomic E-state index is 11.3. The highest BCUT2D eigenvalue weighted by Crippen LogP contribution is 2.48. The standard InChI is InChI=1S/C22H24O5/c1-12-7-16-9-20-21(26-11-25-20)10-17(16)22(13(12)2)15-5-6-18(27-14(3)23)19(8-15)24-4/h5-6,8-10,12-13,22H,7,11H2,1-4H3/t12-,13-,22+/m1/s1. The summed E-state index contributed by atoms with van der Waals surface area (Å²) in [5, 5.41) is 0. The molecule has 2 aliphatic rings. The summed E-state index contributed by atoms with van der Waals surface area (Å²) in [4.78, 5) is 11.3. The van der Waals surface area contributed by atoms with E-state index in [1.807, 2.05) is 18.2 Å². The summed E-state index contributed by atoms with van der Waals surface area (Å²) >= 11 is 0. The van der Waals surface area contributed by atoms with E-state index in [1.54, 1.807) is 7.11 Å². The summed E-state index contributed by atoms with van der Waals surface area (Å²) in [6.07, 6.45) is 1.02. The highest BCUT2D eigenvalue weighted by atomic mass is 16.7. The molecule has 4 rings (SSSR count). The zero-order chi connectivity index (χ0) is 19.1. The summed E-state index contributed by atoms with van der Waals surface area (Å²) in [5.74, 6) is 3.47. The van der Waals surface area contributed by atoms with Gasteiger partial charge in [0.25, 0.3) is 0 Å². The number of hydrogen-bond donors (Lipinski definition) is 0. The van der Waals surface area contributed by atoms with Crippen LogP contribution in [0.4, 0.5) is 0 Å². The molecule has 142 valence electrons. The largest absolute Gasteiger partial charge is 0.493 e. The van der Waals surface area contributed by atoms with Crippen LogP contribution in [0.25, 0.3) is 0 Å². The lowest BCUT2D eigenvalue weighted by molar-refractivity contribution is -0.132. The molecule has 0 bridgehead atoms. The molecule has 0 fully saturated rings. The number of carbonyl (C=O) groups is 1. The number of benzene rings is 2. The molecule has 3 atom stereocenters. The van der Waals surface area contributed by atoms with E-state index in [0.717, 1.165) is 23.5 Å². The maximum atomic E-state index is 11.3. The molecule has 2 aromatic rings. The normalized spacial score (nSPS) is 22.9. The minimum Gasteiger partial charge on any atom is -0.493 e. The van der Waals surface area contributed by atoms with Crippen LogP contribution < -0.4 is 18.9 Å². The Morgan fingerprint density at radius 2 is 1.81 bits per heavy atom. The average Bonchev–Trinajstić information content (AvgIpc) is 3.09. The maximum Gasteiger partial charge on any atom is 0.308 e. The zero-order valence-corrected chi connectivity index (χ0v) is 16.1. The fourth-order valence-corrected chi connectivity index (χ4v) is 4.21. The van der Waals surface area contributed by atoms with Gasteiger partial charge in [-0.05, 0) is 59.2 Å². The van der Waals surface area contributed by atoms with Crippen LogP contribution in [-0.4, -0.2) is 19.9 Å². The molecule has 1 aliphatic carbocycles. The molecule has 5 heteroatoms. The van der Waals surface area contributed by atoms with Crippen molar-refractivity contribution in [3.8, 4) is 23.0 Å². The van der Waals surface area contributed by atoms with Crippen molar-refractivity contribution in [3.05, 3.63) is 47.0 Å². The zero-order valence-electron chi connectivity index (χ0n) is 16.1. The topological polar surface area (TPSA) is 54.0 Å². The van der Waals surface area contributed by atoms with Crippen LogP contribution >= 0.6 is 0 Å². The predicted molar refractivity (Wildman–Crippen MR) is 101 cm³/mol. The smallest absolute Gasteiger partial charge is 0.308 e. The van der Waals surface area contributed by atoms with Gasteiger partial charge in [-0.2, -0.15) is 0 Å². The van der Waals surface area contributed by atoms with Crippen molar-refractivity contribution < 1.29 is 23.7 Å². The number of rotatable bonds is 3. The van der Waals surface area contributed by atoms with Gasteiger partial charge in [0.05, 0.1) is 7.11 Å². The first-order valence-electron chi connectivity index (χ1n) is 9.26. The van der Waals surface area contributed by atoms with Crippen molar-refractivity contribution in [3.63, 3.8) is 0 Å². The van der Waals surface area contributed by atoms with Crippen LogP contribution in [0.1, 0.15) is 43.4 Å². The molecule has 0 radical (unpaired) electrons. The SMILES string of the molecule is COc1cc([C@H]2c3cc4c(cc3C[C@@H](C)[C@H]2C)OCO4)ccc1OC(C)=O. The Balaban J connectivity index is 1.80. The van der Waals surface area contributed by atoms with Crippen LogP contribution in [0.2, 0.25) is 0 Å². The van der Waals surface area contributed by atoms with Gasteiger partial charge in [-0.1, -0.05) is 19.9 Å². The van der Waals surface area contributed by atoms with Crippen molar-refractivity contribution in [2.75, 3.05) is 13.9 Å². The highest BCUT2D eigenvalue weighted by Gasteiger charge is 2.35. The molecule has 27 heavy (non-hydrogen) atoms. The summed E-state index contributed by atoms with van der Waals surface area (Å²) < 4.78 is 21.9. The van der Waals surface area contributed by atoms with Crippen molar-refractivity contribution in [1.29, 1.82) is 0 Å². The minimum atomic E-state index is -0.362. The molecule has 1 aliphatic heterocycles. The monoisotopic (exact) mass is 368 g/mol. The van der Waals surface area contributed by atoms with E-state index < -0.39 is 0 Å². The Kier molecular flexibility index (Phi) is 4.46. The number of methoxy groups -OCH3 is 1. The Morgan fingerprint density at radius 1 is 1.07 bits per heavy atom. The third-order valence-corrected chi connectivity index (χ3v) is 5.74. The van der Waals surface area contributed by atoms with Crippen LogP contribution in [0, 0.1) is 11.8 Å². The van der Waals surface area contributed by atoms with Crippen LogP contribution in [-0.2, 0) is 11.2 Å². The molecule has 2 aromatic carbocycles. The van der Waals surface area contributed by atoms with E-state index in [9.17, 15) is 4.79 Å². The summed E-state index contributed by atoms with van der Waals surface area (Å²) in [5.41, 5.74) is 3.71. The van der Waals surface area contributed by atoms with Crippen molar-refractivity contribution in [2.24, 2.45) is 11.8 Å². The van der Waals surface area contributed by atoms with Crippen molar-refractivity contribution in [2.45, 2.75) is 33.1 Å². The lowest BCUT2D eigenvalue weighted by atomic mass is 9.68.